The first kappa shape index (κ1) is 10.9. The van der Waals surface area contributed by atoms with Gasteiger partial charge >= 0.3 is 0 Å². The second-order valence-electron chi connectivity index (χ2n) is 3.13. The molecular weight excluding hydrogens is 190 g/mol. The summed E-state index contributed by atoms with van der Waals surface area (Å²) >= 11 is 0. The fraction of sp³-hybridized carbons (Fsp3) is 0.400. The lowest BCUT2D eigenvalue weighted by molar-refractivity contribution is 0.193. The molecule has 0 aliphatic carbocycles. The first-order valence-corrected chi connectivity index (χ1v) is 4.24. The van der Waals surface area contributed by atoms with Crippen LogP contribution in [0.1, 0.15) is 12.5 Å². The lowest BCUT2D eigenvalue weighted by Crippen LogP contribution is -2.07. The molecule has 0 fully saturated rings. The maximum Gasteiger partial charge on any atom is 0.168 e. The molecule has 1 rings (SSSR count). The van der Waals surface area contributed by atoms with E-state index in [9.17, 15) is 8.78 Å². The molecule has 78 valence electrons. The second-order valence-corrected chi connectivity index (χ2v) is 3.13. The van der Waals surface area contributed by atoms with Crippen molar-refractivity contribution < 1.29 is 18.6 Å². The van der Waals surface area contributed by atoms with Crippen molar-refractivity contribution >= 4 is 0 Å². The van der Waals surface area contributed by atoms with E-state index in [-0.39, 0.29) is 12.2 Å². The third kappa shape index (κ3) is 2.42. The van der Waals surface area contributed by atoms with Crippen molar-refractivity contribution in [3.63, 3.8) is 0 Å². The summed E-state index contributed by atoms with van der Waals surface area (Å²) in [6.07, 6.45) is -0.497. The van der Waals surface area contributed by atoms with E-state index in [2.05, 4.69) is 0 Å². The van der Waals surface area contributed by atoms with Crippen LogP contribution in [0.5, 0.6) is 5.75 Å². The Hall–Kier alpha value is -1.16. The molecule has 0 aromatic heterocycles. The van der Waals surface area contributed by atoms with Crippen LogP contribution in [0.25, 0.3) is 0 Å². The van der Waals surface area contributed by atoms with Crippen molar-refractivity contribution in [3.05, 3.63) is 29.3 Å². The standard InChI is InChI=1S/C10H12F2O2/c1-6(13)3-7-4-8(11)5-9(12)10(7)14-2/h4-6,13H,3H2,1-2H3/t6-/m1/s1. The summed E-state index contributed by atoms with van der Waals surface area (Å²) in [5.41, 5.74) is 0.333. The van der Waals surface area contributed by atoms with E-state index < -0.39 is 17.7 Å². The molecule has 0 saturated carbocycles. The van der Waals surface area contributed by atoms with Gasteiger partial charge in [0.2, 0.25) is 0 Å². The van der Waals surface area contributed by atoms with Crippen molar-refractivity contribution in [3.8, 4) is 5.75 Å². The maximum absolute atomic E-state index is 13.1. The minimum atomic E-state index is -0.747. The Morgan fingerprint density at radius 1 is 1.43 bits per heavy atom. The molecule has 0 radical (unpaired) electrons. The summed E-state index contributed by atoms with van der Waals surface area (Å²) in [5, 5.41) is 9.11. The SMILES string of the molecule is COc1c(F)cc(F)cc1C[C@@H](C)O. The number of hydrogen-bond donors (Lipinski definition) is 1. The van der Waals surface area contributed by atoms with Crippen LogP contribution < -0.4 is 4.74 Å². The first-order valence-electron chi connectivity index (χ1n) is 4.24. The van der Waals surface area contributed by atoms with Crippen LogP contribution >= 0.6 is 0 Å². The number of ether oxygens (including phenoxy) is 1. The van der Waals surface area contributed by atoms with Gasteiger partial charge in [0.15, 0.2) is 11.6 Å². The number of aliphatic hydroxyl groups excluding tert-OH is 1. The summed E-state index contributed by atoms with van der Waals surface area (Å²) in [6, 6.07) is 1.92. The highest BCUT2D eigenvalue weighted by Gasteiger charge is 2.13. The Labute approximate surface area is 81.1 Å². The van der Waals surface area contributed by atoms with Gasteiger partial charge in [-0.05, 0) is 13.0 Å². The molecule has 2 nitrogen and oxygen atoms in total. The largest absolute Gasteiger partial charge is 0.493 e. The van der Waals surface area contributed by atoms with E-state index in [1.165, 1.54) is 7.11 Å². The zero-order valence-corrected chi connectivity index (χ0v) is 8.05. The quantitative estimate of drug-likeness (QED) is 0.811. The summed E-state index contributed by atoms with van der Waals surface area (Å²) < 4.78 is 30.7. The molecule has 0 unspecified atom stereocenters. The predicted octanol–water partition coefficient (Wildman–Crippen LogP) is 1.90. The molecule has 0 bridgehead atoms. The number of rotatable bonds is 3. The Balaban J connectivity index is 3.11. The van der Waals surface area contributed by atoms with Crippen molar-refractivity contribution in [2.24, 2.45) is 0 Å². The molecule has 4 heteroatoms. The van der Waals surface area contributed by atoms with Crippen molar-refractivity contribution in [1.29, 1.82) is 0 Å². The minimum Gasteiger partial charge on any atom is -0.493 e. The van der Waals surface area contributed by atoms with Crippen LogP contribution in [0.3, 0.4) is 0 Å². The van der Waals surface area contributed by atoms with Gasteiger partial charge in [0.25, 0.3) is 0 Å². The molecule has 0 aliphatic rings. The number of hydrogen-bond acceptors (Lipinski definition) is 2. The third-order valence-electron chi connectivity index (χ3n) is 1.80. The molecule has 0 heterocycles. The van der Waals surface area contributed by atoms with Gasteiger partial charge < -0.3 is 9.84 Å². The van der Waals surface area contributed by atoms with E-state index in [1.54, 1.807) is 6.92 Å². The highest BCUT2D eigenvalue weighted by molar-refractivity contribution is 5.36. The summed E-state index contributed by atoms with van der Waals surface area (Å²) in [4.78, 5) is 0. The predicted molar refractivity (Wildman–Crippen MR) is 48.3 cm³/mol. The molecule has 0 amide bonds. The van der Waals surface area contributed by atoms with Crippen LogP contribution in [0, 0.1) is 11.6 Å². The summed E-state index contributed by atoms with van der Waals surface area (Å²) in [6.45, 7) is 1.54. The smallest absolute Gasteiger partial charge is 0.168 e. The third-order valence-corrected chi connectivity index (χ3v) is 1.80. The van der Waals surface area contributed by atoms with Gasteiger partial charge in [-0.25, -0.2) is 8.78 Å². The molecule has 1 aromatic carbocycles. The normalized spacial score (nSPS) is 12.6. The molecule has 0 aliphatic heterocycles. The van der Waals surface area contributed by atoms with Crippen LogP contribution in [-0.2, 0) is 6.42 Å². The van der Waals surface area contributed by atoms with Gasteiger partial charge in [-0.3, -0.25) is 0 Å². The van der Waals surface area contributed by atoms with Gasteiger partial charge in [-0.2, -0.15) is 0 Å². The highest BCUT2D eigenvalue weighted by atomic mass is 19.1. The Morgan fingerprint density at radius 2 is 2.07 bits per heavy atom. The van der Waals surface area contributed by atoms with Gasteiger partial charge in [0.05, 0.1) is 13.2 Å². The second kappa shape index (κ2) is 4.37. The zero-order valence-electron chi connectivity index (χ0n) is 8.05. The van der Waals surface area contributed by atoms with Crippen LogP contribution in [-0.4, -0.2) is 18.3 Å². The highest BCUT2D eigenvalue weighted by Crippen LogP contribution is 2.25. The lowest BCUT2D eigenvalue weighted by atomic mass is 10.1. The fourth-order valence-corrected chi connectivity index (χ4v) is 1.31. The zero-order chi connectivity index (χ0) is 10.7. The van der Waals surface area contributed by atoms with Gasteiger partial charge in [-0.15, -0.1) is 0 Å². The van der Waals surface area contributed by atoms with Gasteiger partial charge in [-0.1, -0.05) is 0 Å². The van der Waals surface area contributed by atoms with E-state index in [0.29, 0.717) is 5.56 Å². The van der Waals surface area contributed by atoms with Crippen molar-refractivity contribution in [2.75, 3.05) is 7.11 Å². The first-order chi connectivity index (χ1) is 6.54. The van der Waals surface area contributed by atoms with Gasteiger partial charge in [0.1, 0.15) is 5.82 Å². The van der Waals surface area contributed by atoms with E-state index in [1.807, 2.05) is 0 Å². The molecule has 1 N–H and O–H groups in total. The van der Waals surface area contributed by atoms with Crippen LogP contribution in [0.2, 0.25) is 0 Å². The number of benzene rings is 1. The average Bonchev–Trinajstić information content (AvgIpc) is 2.01. The van der Waals surface area contributed by atoms with E-state index >= 15 is 0 Å². The van der Waals surface area contributed by atoms with E-state index in [0.717, 1.165) is 12.1 Å². The van der Waals surface area contributed by atoms with Crippen molar-refractivity contribution in [1.82, 2.24) is 0 Å². The number of aliphatic hydroxyl groups is 1. The van der Waals surface area contributed by atoms with Crippen molar-refractivity contribution in [2.45, 2.75) is 19.4 Å². The van der Waals surface area contributed by atoms with Gasteiger partial charge in [0, 0.05) is 18.1 Å². The Bertz CT molecular complexity index is 324. The Morgan fingerprint density at radius 3 is 2.57 bits per heavy atom. The monoisotopic (exact) mass is 202 g/mol. The van der Waals surface area contributed by atoms with Crippen LogP contribution in [0.4, 0.5) is 8.78 Å². The lowest BCUT2D eigenvalue weighted by Gasteiger charge is -2.10. The topological polar surface area (TPSA) is 29.5 Å². The molecule has 1 atom stereocenters. The Kier molecular flexibility index (Phi) is 3.41. The fourth-order valence-electron chi connectivity index (χ4n) is 1.31. The van der Waals surface area contributed by atoms with E-state index in [4.69, 9.17) is 9.84 Å². The number of methoxy groups -OCH3 is 1. The molecule has 0 saturated heterocycles. The minimum absolute atomic E-state index is 0.00713. The van der Waals surface area contributed by atoms with Crippen LogP contribution in [0.15, 0.2) is 12.1 Å². The maximum atomic E-state index is 13.1. The molecule has 14 heavy (non-hydrogen) atoms. The molecule has 0 spiro atoms. The number of halogens is 2. The summed E-state index contributed by atoms with van der Waals surface area (Å²) in [7, 11) is 1.31. The average molecular weight is 202 g/mol. The molecular formula is C10H12F2O2. The summed E-state index contributed by atoms with van der Waals surface area (Å²) in [5.74, 6) is -1.42. The molecule has 1 aromatic rings.